The summed E-state index contributed by atoms with van der Waals surface area (Å²) in [5, 5.41) is 11.3. The first-order chi connectivity index (χ1) is 13.2. The highest BCUT2D eigenvalue weighted by Crippen LogP contribution is 2.26. The summed E-state index contributed by atoms with van der Waals surface area (Å²) in [5.41, 5.74) is 4.19. The van der Waals surface area contributed by atoms with Gasteiger partial charge in [-0.15, -0.1) is 5.10 Å². The Bertz CT molecular complexity index is 1110. The van der Waals surface area contributed by atoms with Crippen LogP contribution in [0.1, 0.15) is 25.5 Å². The number of hydrogen-bond donors (Lipinski definition) is 2. The number of nitrogens with zero attached hydrogens (tertiary/aromatic N) is 6. The van der Waals surface area contributed by atoms with Gasteiger partial charge in [0.2, 0.25) is 11.7 Å². The maximum atomic E-state index is 4.61. The Balaban J connectivity index is 1.46. The Morgan fingerprint density at radius 2 is 1.96 bits per heavy atom. The first kappa shape index (κ1) is 16.2. The van der Waals surface area contributed by atoms with Gasteiger partial charge in [-0.05, 0) is 32.4 Å². The minimum Gasteiger partial charge on any atom is -0.350 e. The molecule has 0 saturated heterocycles. The minimum atomic E-state index is 0.440. The zero-order valence-electron chi connectivity index (χ0n) is 15.4. The quantitative estimate of drug-likeness (QED) is 0.566. The zero-order chi connectivity index (χ0) is 18.4. The van der Waals surface area contributed by atoms with Crippen LogP contribution in [-0.2, 0) is 6.42 Å². The van der Waals surface area contributed by atoms with Crippen LogP contribution in [-0.4, -0.2) is 48.1 Å². The predicted octanol–water partition coefficient (Wildman–Crippen LogP) is 2.16. The van der Waals surface area contributed by atoms with Crippen molar-refractivity contribution >= 4 is 17.2 Å². The summed E-state index contributed by atoms with van der Waals surface area (Å²) in [6.45, 7) is 2.12. The summed E-state index contributed by atoms with van der Waals surface area (Å²) >= 11 is 0. The van der Waals surface area contributed by atoms with Crippen LogP contribution < -0.4 is 10.6 Å². The van der Waals surface area contributed by atoms with Crippen molar-refractivity contribution in [3.63, 3.8) is 0 Å². The second kappa shape index (κ2) is 6.31. The molecule has 0 unspecified atom stereocenters. The fourth-order valence-electron chi connectivity index (χ4n) is 3.69. The minimum absolute atomic E-state index is 0.440. The van der Waals surface area contributed by atoms with Crippen LogP contribution >= 0.6 is 0 Å². The second-order valence-electron chi connectivity index (χ2n) is 7.06. The summed E-state index contributed by atoms with van der Waals surface area (Å²) in [5.74, 6) is 1.39. The van der Waals surface area contributed by atoms with E-state index in [2.05, 4.69) is 49.9 Å². The van der Waals surface area contributed by atoms with E-state index < -0.39 is 0 Å². The maximum absolute atomic E-state index is 4.61. The van der Waals surface area contributed by atoms with Crippen LogP contribution in [0.25, 0.3) is 22.4 Å². The largest absolute Gasteiger partial charge is 0.350 e. The average Bonchev–Trinajstić information content (AvgIpc) is 3.27. The Morgan fingerprint density at radius 1 is 1.11 bits per heavy atom. The van der Waals surface area contributed by atoms with E-state index in [-0.39, 0.29) is 0 Å². The zero-order valence-corrected chi connectivity index (χ0v) is 15.4. The van der Waals surface area contributed by atoms with E-state index in [0.717, 1.165) is 47.4 Å². The molecule has 138 valence electrons. The third kappa shape index (κ3) is 2.73. The fourth-order valence-corrected chi connectivity index (χ4v) is 3.69. The monoisotopic (exact) mass is 362 g/mol. The van der Waals surface area contributed by atoms with Gasteiger partial charge in [-0.2, -0.15) is 0 Å². The molecular formula is C19H22N8. The molecule has 5 rings (SSSR count). The van der Waals surface area contributed by atoms with E-state index in [1.807, 2.05) is 40.8 Å². The number of fused-ring (bicyclic) bond motifs is 2. The number of imidazole rings is 1. The van der Waals surface area contributed by atoms with Crippen LogP contribution in [0.4, 0.5) is 5.95 Å². The Kier molecular flexibility index (Phi) is 3.78. The van der Waals surface area contributed by atoms with Crippen molar-refractivity contribution in [2.45, 2.75) is 38.3 Å². The third-order valence-corrected chi connectivity index (χ3v) is 5.41. The van der Waals surface area contributed by atoms with Crippen LogP contribution in [0.2, 0.25) is 0 Å². The standard InChI is InChI=1S/C19H22N8/c1-3-15-9-23-19-22-8-12(11-26(15)19)16-4-5-27-17(16)10-21-18(25-27)24-14-6-13(7-14)20-2/h4-5,8-11,13-14,20H,3,6-7H2,1-2H3,(H,24,25)/t13-,14-. The summed E-state index contributed by atoms with van der Waals surface area (Å²) in [7, 11) is 2.00. The van der Waals surface area contributed by atoms with E-state index >= 15 is 0 Å². The van der Waals surface area contributed by atoms with Crippen molar-refractivity contribution in [2.75, 3.05) is 12.4 Å². The van der Waals surface area contributed by atoms with Crippen molar-refractivity contribution in [2.24, 2.45) is 0 Å². The van der Waals surface area contributed by atoms with Gasteiger partial charge in [0.05, 0.1) is 17.9 Å². The van der Waals surface area contributed by atoms with E-state index in [1.165, 1.54) is 0 Å². The van der Waals surface area contributed by atoms with Gasteiger partial charge >= 0.3 is 0 Å². The predicted molar refractivity (Wildman–Crippen MR) is 104 cm³/mol. The van der Waals surface area contributed by atoms with Crippen LogP contribution in [0.5, 0.6) is 0 Å². The summed E-state index contributed by atoms with van der Waals surface area (Å²) in [6, 6.07) is 3.10. The van der Waals surface area contributed by atoms with Crippen molar-refractivity contribution in [1.82, 2.24) is 34.3 Å². The maximum Gasteiger partial charge on any atom is 0.241 e. The van der Waals surface area contributed by atoms with Crippen LogP contribution in [0.3, 0.4) is 0 Å². The van der Waals surface area contributed by atoms with E-state index in [9.17, 15) is 0 Å². The third-order valence-electron chi connectivity index (χ3n) is 5.41. The van der Waals surface area contributed by atoms with Gasteiger partial charge in [-0.25, -0.2) is 19.5 Å². The van der Waals surface area contributed by atoms with Gasteiger partial charge in [0.15, 0.2) is 0 Å². The first-order valence-corrected chi connectivity index (χ1v) is 9.35. The highest BCUT2D eigenvalue weighted by atomic mass is 15.3. The van der Waals surface area contributed by atoms with Gasteiger partial charge < -0.3 is 10.6 Å². The molecule has 4 heterocycles. The van der Waals surface area contributed by atoms with Crippen molar-refractivity contribution in [3.8, 4) is 11.1 Å². The van der Waals surface area contributed by atoms with E-state index in [0.29, 0.717) is 18.0 Å². The molecule has 0 amide bonds. The molecule has 0 atom stereocenters. The molecule has 0 spiro atoms. The molecule has 27 heavy (non-hydrogen) atoms. The lowest BCUT2D eigenvalue weighted by Crippen LogP contribution is -2.46. The Labute approximate surface area is 156 Å². The number of aromatic nitrogens is 6. The first-order valence-electron chi connectivity index (χ1n) is 9.35. The molecule has 4 aromatic heterocycles. The molecule has 0 aromatic carbocycles. The van der Waals surface area contributed by atoms with Gasteiger partial charge in [0.25, 0.3) is 0 Å². The van der Waals surface area contributed by atoms with Gasteiger partial charge in [-0.1, -0.05) is 6.92 Å². The number of aryl methyl sites for hydroxylation is 1. The van der Waals surface area contributed by atoms with E-state index in [4.69, 9.17) is 0 Å². The molecule has 0 aliphatic heterocycles. The lowest BCUT2D eigenvalue weighted by Gasteiger charge is -2.35. The van der Waals surface area contributed by atoms with Crippen molar-refractivity contribution in [1.29, 1.82) is 0 Å². The van der Waals surface area contributed by atoms with Gasteiger partial charge in [0, 0.05) is 47.5 Å². The fraction of sp³-hybridized carbons (Fsp3) is 0.368. The average molecular weight is 362 g/mol. The topological polar surface area (TPSA) is 84.4 Å². The number of hydrogen-bond acceptors (Lipinski definition) is 6. The SMILES string of the molecule is CCc1cnc2ncc(-c3ccn4nc(N[C@H]5C[C@H](NC)C5)ncc34)cn12. The molecule has 1 saturated carbocycles. The Hall–Kier alpha value is -3.00. The highest BCUT2D eigenvalue weighted by Gasteiger charge is 2.28. The summed E-state index contributed by atoms with van der Waals surface area (Å²) in [4.78, 5) is 13.4. The summed E-state index contributed by atoms with van der Waals surface area (Å²) < 4.78 is 3.92. The molecule has 0 bridgehead atoms. The van der Waals surface area contributed by atoms with E-state index in [1.54, 1.807) is 0 Å². The molecule has 1 aliphatic carbocycles. The smallest absolute Gasteiger partial charge is 0.241 e. The number of anilines is 1. The molecule has 2 N–H and O–H groups in total. The van der Waals surface area contributed by atoms with Crippen LogP contribution in [0, 0.1) is 0 Å². The van der Waals surface area contributed by atoms with Gasteiger partial charge in [-0.3, -0.25) is 4.40 Å². The molecular weight excluding hydrogens is 340 g/mol. The molecule has 1 fully saturated rings. The Morgan fingerprint density at radius 3 is 2.78 bits per heavy atom. The molecule has 0 radical (unpaired) electrons. The lowest BCUT2D eigenvalue weighted by molar-refractivity contribution is 0.325. The highest BCUT2D eigenvalue weighted by molar-refractivity contribution is 5.79. The van der Waals surface area contributed by atoms with Gasteiger partial charge in [0.1, 0.15) is 0 Å². The number of nitrogens with one attached hydrogen (secondary N) is 2. The second-order valence-corrected chi connectivity index (χ2v) is 7.06. The van der Waals surface area contributed by atoms with Crippen molar-refractivity contribution in [3.05, 3.63) is 42.7 Å². The van der Waals surface area contributed by atoms with Crippen LogP contribution in [0.15, 0.2) is 37.1 Å². The number of rotatable bonds is 5. The molecule has 8 heteroatoms. The van der Waals surface area contributed by atoms with Crippen molar-refractivity contribution < 1.29 is 0 Å². The molecule has 4 aromatic rings. The molecule has 1 aliphatic rings. The normalized spacial score (nSPS) is 19.5. The summed E-state index contributed by atoms with van der Waals surface area (Å²) in [6.07, 6.45) is 12.8. The molecule has 8 nitrogen and oxygen atoms in total. The lowest BCUT2D eigenvalue weighted by atomic mass is 9.87.